The van der Waals surface area contributed by atoms with Crippen LogP contribution in [-0.4, -0.2) is 33.8 Å². The number of nitrogens with two attached hydrogens (primary N) is 1. The van der Waals surface area contributed by atoms with Crippen molar-refractivity contribution in [3.05, 3.63) is 17.5 Å². The first-order chi connectivity index (χ1) is 8.20. The molecule has 1 aromatic heterocycles. The Bertz CT molecular complexity index is 358. The summed E-state index contributed by atoms with van der Waals surface area (Å²) in [4.78, 5) is 2.53. The number of hydrogen-bond acceptors (Lipinski definition) is 3. The predicted molar refractivity (Wildman–Crippen MR) is 69.7 cm³/mol. The van der Waals surface area contributed by atoms with Gasteiger partial charge in [-0.1, -0.05) is 12.8 Å². The average Bonchev–Trinajstić information content (AvgIpc) is 2.52. The molecule has 1 aliphatic heterocycles. The fourth-order valence-electron chi connectivity index (χ4n) is 2.73. The molecule has 0 bridgehead atoms. The molecule has 1 saturated heterocycles. The molecule has 2 heterocycles. The molecule has 0 spiro atoms. The summed E-state index contributed by atoms with van der Waals surface area (Å²) < 4.78 is 1.99. The van der Waals surface area contributed by atoms with Gasteiger partial charge in [-0.3, -0.25) is 9.58 Å². The molecule has 0 amide bonds. The maximum absolute atomic E-state index is 5.90. The summed E-state index contributed by atoms with van der Waals surface area (Å²) in [5, 5.41) is 4.41. The second-order valence-corrected chi connectivity index (χ2v) is 5.11. The number of aryl methyl sites for hydroxylation is 2. The van der Waals surface area contributed by atoms with Crippen molar-refractivity contribution in [2.24, 2.45) is 12.8 Å². The standard InChI is InChI=1S/C13H24N4/c1-11-8-13(16(2)15-11)10-17-7-5-3-4-6-12(17)9-14/h8,12H,3-7,9-10,14H2,1-2H3. The fourth-order valence-corrected chi connectivity index (χ4v) is 2.73. The summed E-state index contributed by atoms with van der Waals surface area (Å²) in [6.07, 6.45) is 5.21. The van der Waals surface area contributed by atoms with E-state index in [2.05, 4.69) is 16.1 Å². The molecule has 4 heteroatoms. The van der Waals surface area contributed by atoms with E-state index in [-0.39, 0.29) is 0 Å². The van der Waals surface area contributed by atoms with E-state index >= 15 is 0 Å². The molecular weight excluding hydrogens is 212 g/mol. The van der Waals surface area contributed by atoms with Crippen molar-refractivity contribution in [1.29, 1.82) is 0 Å². The highest BCUT2D eigenvalue weighted by Crippen LogP contribution is 2.18. The van der Waals surface area contributed by atoms with Crippen molar-refractivity contribution >= 4 is 0 Å². The molecule has 4 nitrogen and oxygen atoms in total. The van der Waals surface area contributed by atoms with Gasteiger partial charge in [0.2, 0.25) is 0 Å². The van der Waals surface area contributed by atoms with E-state index in [1.54, 1.807) is 0 Å². The van der Waals surface area contributed by atoms with Crippen LogP contribution in [0, 0.1) is 6.92 Å². The van der Waals surface area contributed by atoms with Crippen LogP contribution in [0.1, 0.15) is 37.1 Å². The number of nitrogens with zero attached hydrogens (tertiary/aromatic N) is 3. The third-order valence-electron chi connectivity index (χ3n) is 3.74. The van der Waals surface area contributed by atoms with Crippen molar-refractivity contribution in [2.45, 2.75) is 45.2 Å². The third-order valence-corrected chi connectivity index (χ3v) is 3.74. The minimum atomic E-state index is 0.549. The van der Waals surface area contributed by atoms with Gasteiger partial charge in [0, 0.05) is 26.2 Å². The molecule has 17 heavy (non-hydrogen) atoms. The molecule has 0 saturated carbocycles. The van der Waals surface area contributed by atoms with Crippen LogP contribution in [0.25, 0.3) is 0 Å². The second-order valence-electron chi connectivity index (χ2n) is 5.11. The number of likely N-dealkylation sites (tertiary alicyclic amines) is 1. The zero-order chi connectivity index (χ0) is 12.3. The first-order valence-corrected chi connectivity index (χ1v) is 6.64. The molecule has 96 valence electrons. The summed E-state index contributed by atoms with van der Waals surface area (Å²) in [5.74, 6) is 0. The van der Waals surface area contributed by atoms with Gasteiger partial charge in [0.1, 0.15) is 0 Å². The first kappa shape index (κ1) is 12.6. The maximum atomic E-state index is 5.90. The highest BCUT2D eigenvalue weighted by molar-refractivity contribution is 5.08. The zero-order valence-corrected chi connectivity index (χ0v) is 11.0. The van der Waals surface area contributed by atoms with Crippen LogP contribution < -0.4 is 5.73 Å². The monoisotopic (exact) mass is 236 g/mol. The number of aromatic nitrogens is 2. The lowest BCUT2D eigenvalue weighted by Gasteiger charge is -2.28. The Morgan fingerprint density at radius 1 is 1.41 bits per heavy atom. The lowest BCUT2D eigenvalue weighted by atomic mass is 10.1. The van der Waals surface area contributed by atoms with Gasteiger partial charge in [-0.15, -0.1) is 0 Å². The quantitative estimate of drug-likeness (QED) is 0.863. The van der Waals surface area contributed by atoms with Crippen molar-refractivity contribution in [1.82, 2.24) is 14.7 Å². The van der Waals surface area contributed by atoms with Crippen LogP contribution in [0.15, 0.2) is 6.07 Å². The number of hydrogen-bond donors (Lipinski definition) is 1. The summed E-state index contributed by atoms with van der Waals surface area (Å²) in [7, 11) is 2.03. The molecule has 0 radical (unpaired) electrons. The van der Waals surface area contributed by atoms with Crippen molar-refractivity contribution in [3.8, 4) is 0 Å². The van der Waals surface area contributed by atoms with E-state index in [1.165, 1.54) is 37.9 Å². The van der Waals surface area contributed by atoms with E-state index < -0.39 is 0 Å². The minimum absolute atomic E-state index is 0.549. The molecule has 1 atom stereocenters. The Morgan fingerprint density at radius 3 is 2.88 bits per heavy atom. The van der Waals surface area contributed by atoms with Gasteiger partial charge in [0.05, 0.1) is 11.4 Å². The lowest BCUT2D eigenvalue weighted by Crippen LogP contribution is -2.40. The van der Waals surface area contributed by atoms with Gasteiger partial charge in [0.15, 0.2) is 0 Å². The molecule has 0 aliphatic carbocycles. The van der Waals surface area contributed by atoms with E-state index in [4.69, 9.17) is 5.73 Å². The second kappa shape index (κ2) is 5.65. The van der Waals surface area contributed by atoms with Crippen LogP contribution in [0.2, 0.25) is 0 Å². The first-order valence-electron chi connectivity index (χ1n) is 6.64. The average molecular weight is 236 g/mol. The molecule has 1 aliphatic rings. The van der Waals surface area contributed by atoms with E-state index in [9.17, 15) is 0 Å². The zero-order valence-electron chi connectivity index (χ0n) is 11.0. The SMILES string of the molecule is Cc1cc(CN2CCCCCC2CN)n(C)n1. The van der Waals surface area contributed by atoms with Crippen LogP contribution in [-0.2, 0) is 13.6 Å². The van der Waals surface area contributed by atoms with Gasteiger partial charge in [-0.05, 0) is 32.4 Å². The molecule has 2 N–H and O–H groups in total. The van der Waals surface area contributed by atoms with E-state index in [1.807, 2.05) is 18.7 Å². The molecule has 1 fully saturated rings. The van der Waals surface area contributed by atoms with Gasteiger partial charge in [-0.2, -0.15) is 5.10 Å². The molecule has 1 unspecified atom stereocenters. The summed E-state index contributed by atoms with van der Waals surface area (Å²) in [5.41, 5.74) is 8.29. The Balaban J connectivity index is 2.06. The van der Waals surface area contributed by atoms with Gasteiger partial charge in [0.25, 0.3) is 0 Å². The molecule has 1 aromatic rings. The summed E-state index contributed by atoms with van der Waals surface area (Å²) in [6, 6.07) is 2.73. The highest BCUT2D eigenvalue weighted by Gasteiger charge is 2.20. The van der Waals surface area contributed by atoms with Crippen LogP contribution in [0.4, 0.5) is 0 Å². The summed E-state index contributed by atoms with van der Waals surface area (Å²) >= 11 is 0. The predicted octanol–water partition coefficient (Wildman–Crippen LogP) is 1.43. The van der Waals surface area contributed by atoms with Crippen molar-refractivity contribution < 1.29 is 0 Å². The Morgan fingerprint density at radius 2 is 2.24 bits per heavy atom. The van der Waals surface area contributed by atoms with Gasteiger partial charge < -0.3 is 5.73 Å². The van der Waals surface area contributed by atoms with Crippen molar-refractivity contribution in [2.75, 3.05) is 13.1 Å². The van der Waals surface area contributed by atoms with Crippen LogP contribution >= 0.6 is 0 Å². The van der Waals surface area contributed by atoms with Gasteiger partial charge in [-0.25, -0.2) is 0 Å². The molecule has 0 aromatic carbocycles. The normalized spacial score (nSPS) is 22.6. The molecule has 2 rings (SSSR count). The fraction of sp³-hybridized carbons (Fsp3) is 0.769. The topological polar surface area (TPSA) is 47.1 Å². The molecular formula is C13H24N4. The highest BCUT2D eigenvalue weighted by atomic mass is 15.3. The number of rotatable bonds is 3. The van der Waals surface area contributed by atoms with Gasteiger partial charge >= 0.3 is 0 Å². The Labute approximate surface area is 104 Å². The van der Waals surface area contributed by atoms with Crippen LogP contribution in [0.5, 0.6) is 0 Å². The Kier molecular flexibility index (Phi) is 4.18. The smallest absolute Gasteiger partial charge is 0.0597 e. The van der Waals surface area contributed by atoms with Crippen LogP contribution in [0.3, 0.4) is 0 Å². The summed E-state index contributed by atoms with van der Waals surface area (Å²) in [6.45, 7) is 4.98. The maximum Gasteiger partial charge on any atom is 0.0597 e. The lowest BCUT2D eigenvalue weighted by molar-refractivity contribution is 0.191. The van der Waals surface area contributed by atoms with E-state index in [0.29, 0.717) is 6.04 Å². The van der Waals surface area contributed by atoms with Crippen molar-refractivity contribution in [3.63, 3.8) is 0 Å². The third kappa shape index (κ3) is 3.07. The largest absolute Gasteiger partial charge is 0.329 e. The Hall–Kier alpha value is -0.870. The minimum Gasteiger partial charge on any atom is -0.329 e. The van der Waals surface area contributed by atoms with E-state index in [0.717, 1.165) is 18.8 Å².